The minimum absolute atomic E-state index is 0.580. The van der Waals surface area contributed by atoms with Crippen LogP contribution in [0.4, 0.5) is 4.39 Å². The lowest BCUT2D eigenvalue weighted by atomic mass is 9.87. The Morgan fingerprint density at radius 1 is 1.36 bits per heavy atom. The average molecular weight is 307 g/mol. The summed E-state index contributed by atoms with van der Waals surface area (Å²) in [4.78, 5) is 0. The highest BCUT2D eigenvalue weighted by atomic mass is 127. The highest BCUT2D eigenvalue weighted by Crippen LogP contribution is 2.29. The zero-order valence-corrected chi connectivity index (χ0v) is 10.3. The van der Waals surface area contributed by atoms with Gasteiger partial charge in [0, 0.05) is 42.4 Å². The Morgan fingerprint density at radius 3 is 2.64 bits per heavy atom. The van der Waals surface area contributed by atoms with Crippen molar-refractivity contribution in [1.82, 2.24) is 3.11 Å². The molecule has 0 aromatic carbocycles. The van der Waals surface area contributed by atoms with Gasteiger partial charge in [0.1, 0.15) is 6.17 Å². The van der Waals surface area contributed by atoms with Gasteiger partial charge < -0.3 is 0 Å². The van der Waals surface area contributed by atoms with Crippen molar-refractivity contribution >= 4 is 22.9 Å². The van der Waals surface area contributed by atoms with E-state index in [0.717, 1.165) is 13.1 Å². The van der Waals surface area contributed by atoms with Crippen molar-refractivity contribution in [2.45, 2.75) is 25.4 Å². The van der Waals surface area contributed by atoms with E-state index in [9.17, 15) is 4.39 Å². The number of nitrogens with zero attached hydrogens (tertiary/aromatic N) is 1. The second-order valence-corrected chi connectivity index (χ2v) is 5.36. The number of alkyl halides is 1. The minimum atomic E-state index is -0.747. The van der Waals surface area contributed by atoms with Gasteiger partial charge in [-0.25, -0.2) is 7.50 Å². The van der Waals surface area contributed by atoms with Crippen molar-refractivity contribution in [3.05, 3.63) is 23.8 Å². The third kappa shape index (κ3) is 2.57. The van der Waals surface area contributed by atoms with Gasteiger partial charge in [-0.1, -0.05) is 18.2 Å². The Morgan fingerprint density at radius 2 is 2.07 bits per heavy atom. The normalized spacial score (nSPS) is 30.4. The van der Waals surface area contributed by atoms with Gasteiger partial charge in [-0.3, -0.25) is 0 Å². The van der Waals surface area contributed by atoms with E-state index in [1.54, 1.807) is 6.08 Å². The van der Waals surface area contributed by atoms with Crippen molar-refractivity contribution in [1.29, 1.82) is 0 Å². The summed E-state index contributed by atoms with van der Waals surface area (Å²) in [5.41, 5.74) is 1.36. The Hall–Kier alpha value is 0.100. The second-order valence-electron chi connectivity index (χ2n) is 4.00. The predicted molar refractivity (Wildman–Crippen MR) is 65.1 cm³/mol. The standard InChI is InChI=1S/C11H15FIN/c12-11-3-1-9(2-4-11)10-5-7-14(13)8-6-10/h1-3,10-11H,4-8H2. The first kappa shape index (κ1) is 10.6. The van der Waals surface area contributed by atoms with Gasteiger partial charge in [0.25, 0.3) is 0 Å². The van der Waals surface area contributed by atoms with Crippen LogP contribution >= 0.6 is 22.9 Å². The van der Waals surface area contributed by atoms with Gasteiger partial charge in [0.15, 0.2) is 0 Å². The molecule has 0 radical (unpaired) electrons. The first-order chi connectivity index (χ1) is 6.75. The van der Waals surface area contributed by atoms with E-state index in [1.165, 1.54) is 18.4 Å². The predicted octanol–water partition coefficient (Wildman–Crippen LogP) is 3.27. The fourth-order valence-corrected chi connectivity index (χ4v) is 2.65. The van der Waals surface area contributed by atoms with Crippen LogP contribution in [0.5, 0.6) is 0 Å². The summed E-state index contributed by atoms with van der Waals surface area (Å²) in [6.07, 6.45) is 8.04. The monoisotopic (exact) mass is 307 g/mol. The summed E-state index contributed by atoms with van der Waals surface area (Å²) in [5.74, 6) is 0.671. The first-order valence-electron chi connectivity index (χ1n) is 5.19. The van der Waals surface area contributed by atoms with Crippen LogP contribution in [0.2, 0.25) is 0 Å². The second kappa shape index (κ2) is 4.75. The first-order valence-corrected chi connectivity index (χ1v) is 6.15. The van der Waals surface area contributed by atoms with Crippen LogP contribution in [-0.4, -0.2) is 22.4 Å². The summed E-state index contributed by atoms with van der Waals surface area (Å²) in [6, 6.07) is 0. The van der Waals surface area contributed by atoms with Gasteiger partial charge >= 0.3 is 0 Å². The number of halogens is 2. The molecule has 1 nitrogen and oxygen atoms in total. The van der Waals surface area contributed by atoms with E-state index in [-0.39, 0.29) is 0 Å². The molecule has 0 aromatic heterocycles. The lowest BCUT2D eigenvalue weighted by Gasteiger charge is -2.29. The Kier molecular flexibility index (Phi) is 3.60. The van der Waals surface area contributed by atoms with E-state index < -0.39 is 6.17 Å². The number of hydrogen-bond donors (Lipinski definition) is 0. The fourth-order valence-electron chi connectivity index (χ4n) is 2.09. The van der Waals surface area contributed by atoms with Crippen LogP contribution in [-0.2, 0) is 0 Å². The molecule has 1 unspecified atom stereocenters. The molecular weight excluding hydrogens is 292 g/mol. The van der Waals surface area contributed by atoms with E-state index in [2.05, 4.69) is 32.1 Å². The summed E-state index contributed by atoms with van der Waals surface area (Å²) in [7, 11) is 0. The molecule has 1 aliphatic heterocycles. The lowest BCUT2D eigenvalue weighted by Crippen LogP contribution is -2.27. The molecule has 1 heterocycles. The molecule has 0 spiro atoms. The number of rotatable bonds is 1. The molecule has 3 heteroatoms. The van der Waals surface area contributed by atoms with Crippen LogP contribution < -0.4 is 0 Å². The molecule has 14 heavy (non-hydrogen) atoms. The van der Waals surface area contributed by atoms with Crippen molar-refractivity contribution in [3.63, 3.8) is 0 Å². The van der Waals surface area contributed by atoms with E-state index in [4.69, 9.17) is 0 Å². The van der Waals surface area contributed by atoms with Gasteiger partial charge in [-0.2, -0.15) is 0 Å². The van der Waals surface area contributed by atoms with Crippen molar-refractivity contribution < 1.29 is 4.39 Å². The number of hydrogen-bond acceptors (Lipinski definition) is 1. The maximum atomic E-state index is 12.8. The molecule has 1 atom stereocenters. The molecule has 2 rings (SSSR count). The van der Waals surface area contributed by atoms with Crippen molar-refractivity contribution in [2.75, 3.05) is 13.1 Å². The molecule has 78 valence electrons. The Balaban J connectivity index is 1.93. The number of piperidine rings is 1. The molecule has 1 saturated heterocycles. The Bertz CT molecular complexity index is 254. The lowest BCUT2D eigenvalue weighted by molar-refractivity contribution is 0.339. The molecule has 0 aromatic rings. The summed E-state index contributed by atoms with van der Waals surface area (Å²) in [6.45, 7) is 2.32. The van der Waals surface area contributed by atoms with Gasteiger partial charge in [0.2, 0.25) is 0 Å². The zero-order valence-electron chi connectivity index (χ0n) is 8.13. The highest BCUT2D eigenvalue weighted by molar-refractivity contribution is 14.1. The van der Waals surface area contributed by atoms with Gasteiger partial charge in [0.05, 0.1) is 0 Å². The maximum Gasteiger partial charge on any atom is 0.122 e. The molecule has 1 aliphatic carbocycles. The quantitative estimate of drug-likeness (QED) is 0.531. The molecule has 0 bridgehead atoms. The number of allylic oxidation sites excluding steroid dienone is 4. The summed E-state index contributed by atoms with van der Waals surface area (Å²) in [5, 5.41) is 0. The highest BCUT2D eigenvalue weighted by Gasteiger charge is 2.21. The average Bonchev–Trinajstić information content (AvgIpc) is 2.21. The third-order valence-corrected chi connectivity index (χ3v) is 3.95. The van der Waals surface area contributed by atoms with Crippen LogP contribution in [0.3, 0.4) is 0 Å². The van der Waals surface area contributed by atoms with Crippen molar-refractivity contribution in [3.8, 4) is 0 Å². The maximum absolute atomic E-state index is 12.8. The van der Waals surface area contributed by atoms with Crippen LogP contribution in [0, 0.1) is 5.92 Å². The Labute approximate surface area is 98.5 Å². The van der Waals surface area contributed by atoms with Crippen LogP contribution in [0.25, 0.3) is 0 Å². The molecule has 0 amide bonds. The smallest absolute Gasteiger partial charge is 0.122 e. The molecule has 0 N–H and O–H groups in total. The fraction of sp³-hybridized carbons (Fsp3) is 0.636. The minimum Gasteiger partial charge on any atom is -0.248 e. The molecule has 0 saturated carbocycles. The third-order valence-electron chi connectivity index (χ3n) is 2.99. The largest absolute Gasteiger partial charge is 0.248 e. The van der Waals surface area contributed by atoms with E-state index >= 15 is 0 Å². The summed E-state index contributed by atoms with van der Waals surface area (Å²) >= 11 is 2.38. The topological polar surface area (TPSA) is 3.24 Å². The molecule has 2 aliphatic rings. The SMILES string of the molecule is FC1C=CC(C2CCN(I)CC2)=CC1. The summed E-state index contributed by atoms with van der Waals surface area (Å²) < 4.78 is 15.2. The molecular formula is C11H15FIN. The van der Waals surface area contributed by atoms with Crippen LogP contribution in [0.15, 0.2) is 23.8 Å². The van der Waals surface area contributed by atoms with E-state index in [0.29, 0.717) is 12.3 Å². The zero-order chi connectivity index (χ0) is 9.97. The molecule has 1 fully saturated rings. The van der Waals surface area contributed by atoms with Crippen molar-refractivity contribution in [2.24, 2.45) is 5.92 Å². The van der Waals surface area contributed by atoms with Crippen LogP contribution in [0.1, 0.15) is 19.3 Å². The van der Waals surface area contributed by atoms with Gasteiger partial charge in [-0.05, 0) is 24.3 Å². The van der Waals surface area contributed by atoms with Gasteiger partial charge in [-0.15, -0.1) is 0 Å². The van der Waals surface area contributed by atoms with E-state index in [1.807, 2.05) is 6.08 Å².